The van der Waals surface area contributed by atoms with Crippen LogP contribution >= 0.6 is 0 Å². The molecule has 1 heterocycles. The average molecular weight is 166 g/mol. The summed E-state index contributed by atoms with van der Waals surface area (Å²) < 4.78 is 0. The highest BCUT2D eigenvalue weighted by atomic mass is 15.2. The van der Waals surface area contributed by atoms with Gasteiger partial charge in [-0.05, 0) is 20.3 Å². The molecule has 68 valence electrons. The van der Waals surface area contributed by atoms with E-state index in [2.05, 4.69) is 43.2 Å². The largest absolute Gasteiger partial charge is 0.369 e. The van der Waals surface area contributed by atoms with Crippen molar-refractivity contribution in [2.24, 2.45) is 4.99 Å². The van der Waals surface area contributed by atoms with Gasteiger partial charge in [-0.25, -0.2) is 0 Å². The number of nitrogens with zero attached hydrogens (tertiary/aromatic N) is 2. The molecule has 1 rings (SSSR count). The van der Waals surface area contributed by atoms with E-state index in [0.29, 0.717) is 0 Å². The minimum Gasteiger partial charge on any atom is -0.369 e. The summed E-state index contributed by atoms with van der Waals surface area (Å²) in [6, 6.07) is 0. The van der Waals surface area contributed by atoms with Gasteiger partial charge in [0.2, 0.25) is 0 Å². The number of aliphatic imine (C=N–C) groups is 1. The van der Waals surface area contributed by atoms with Crippen LogP contribution in [0.1, 0.15) is 33.6 Å². The number of allylic oxidation sites excluding steroid dienone is 1. The van der Waals surface area contributed by atoms with Crippen molar-refractivity contribution in [3.63, 3.8) is 0 Å². The fourth-order valence-electron chi connectivity index (χ4n) is 1.54. The quantitative estimate of drug-likeness (QED) is 0.615. The number of hydrogen-bond donors (Lipinski definition) is 0. The summed E-state index contributed by atoms with van der Waals surface area (Å²) in [4.78, 5) is 6.60. The van der Waals surface area contributed by atoms with Gasteiger partial charge in [0.15, 0.2) is 0 Å². The Bertz CT molecular complexity index is 218. The Hall–Kier alpha value is -0.790. The lowest BCUT2D eigenvalue weighted by molar-refractivity contribution is 0.265. The van der Waals surface area contributed by atoms with Crippen LogP contribution in [0.4, 0.5) is 0 Å². The molecule has 1 aliphatic rings. The monoisotopic (exact) mass is 166 g/mol. The predicted octanol–water partition coefficient (Wildman–Crippen LogP) is 2.42. The van der Waals surface area contributed by atoms with Gasteiger partial charge in [-0.3, -0.25) is 4.99 Å². The van der Waals surface area contributed by atoms with Crippen LogP contribution in [0.3, 0.4) is 0 Å². The van der Waals surface area contributed by atoms with Gasteiger partial charge >= 0.3 is 0 Å². The lowest BCUT2D eigenvalue weighted by atomic mass is 9.95. The molecule has 0 saturated heterocycles. The van der Waals surface area contributed by atoms with Crippen LogP contribution in [0.2, 0.25) is 0 Å². The molecule has 0 amide bonds. The first-order valence-electron chi connectivity index (χ1n) is 4.55. The number of hydrogen-bond acceptors (Lipinski definition) is 2. The van der Waals surface area contributed by atoms with Gasteiger partial charge in [0, 0.05) is 19.5 Å². The van der Waals surface area contributed by atoms with E-state index in [-0.39, 0.29) is 5.54 Å². The van der Waals surface area contributed by atoms with Crippen LogP contribution in [0.25, 0.3) is 0 Å². The standard InChI is InChI=1S/C10H18N2/c1-5-6-10(3)8-11-9(2)7-12(10)4/h7-8H,5-6H2,1-4H3. The third-order valence-electron chi connectivity index (χ3n) is 2.49. The zero-order valence-electron chi connectivity index (χ0n) is 8.46. The average Bonchev–Trinajstić information content (AvgIpc) is 1.99. The summed E-state index contributed by atoms with van der Waals surface area (Å²) in [6.07, 6.45) is 6.53. The van der Waals surface area contributed by atoms with Crippen molar-refractivity contribution in [3.05, 3.63) is 11.9 Å². The van der Waals surface area contributed by atoms with Crippen LogP contribution in [-0.2, 0) is 0 Å². The van der Waals surface area contributed by atoms with Gasteiger partial charge in [-0.1, -0.05) is 13.3 Å². The molecule has 2 nitrogen and oxygen atoms in total. The summed E-state index contributed by atoms with van der Waals surface area (Å²) in [6.45, 7) is 6.46. The second kappa shape index (κ2) is 3.30. The van der Waals surface area contributed by atoms with Gasteiger partial charge in [0.05, 0.1) is 11.2 Å². The van der Waals surface area contributed by atoms with E-state index in [4.69, 9.17) is 0 Å². The van der Waals surface area contributed by atoms with Crippen molar-refractivity contribution >= 4 is 6.21 Å². The molecule has 0 radical (unpaired) electrons. The third-order valence-corrected chi connectivity index (χ3v) is 2.49. The summed E-state index contributed by atoms with van der Waals surface area (Å²) >= 11 is 0. The maximum absolute atomic E-state index is 4.35. The highest BCUT2D eigenvalue weighted by Crippen LogP contribution is 2.22. The van der Waals surface area contributed by atoms with Crippen molar-refractivity contribution in [3.8, 4) is 0 Å². The molecular weight excluding hydrogens is 148 g/mol. The minimum atomic E-state index is 0.133. The van der Waals surface area contributed by atoms with Gasteiger partial charge in [-0.2, -0.15) is 0 Å². The highest BCUT2D eigenvalue weighted by Gasteiger charge is 2.26. The van der Waals surface area contributed by atoms with Crippen molar-refractivity contribution in [2.45, 2.75) is 39.2 Å². The van der Waals surface area contributed by atoms with Gasteiger partial charge < -0.3 is 4.90 Å². The maximum atomic E-state index is 4.35. The Balaban J connectivity index is 2.76. The molecule has 0 N–H and O–H groups in total. The van der Waals surface area contributed by atoms with E-state index in [0.717, 1.165) is 12.1 Å². The van der Waals surface area contributed by atoms with E-state index in [1.165, 1.54) is 6.42 Å². The molecule has 0 bridgehead atoms. The molecule has 0 fully saturated rings. The zero-order chi connectivity index (χ0) is 9.19. The lowest BCUT2D eigenvalue weighted by Crippen LogP contribution is -2.43. The van der Waals surface area contributed by atoms with Crippen LogP contribution in [0.15, 0.2) is 16.9 Å². The molecule has 0 aliphatic carbocycles. The molecule has 0 aromatic carbocycles. The Kier molecular flexibility index (Phi) is 2.55. The Morgan fingerprint density at radius 2 is 2.25 bits per heavy atom. The van der Waals surface area contributed by atoms with Crippen molar-refractivity contribution in [1.82, 2.24) is 4.90 Å². The van der Waals surface area contributed by atoms with Crippen molar-refractivity contribution < 1.29 is 0 Å². The van der Waals surface area contributed by atoms with E-state index in [1.54, 1.807) is 0 Å². The third kappa shape index (κ3) is 1.68. The molecule has 0 aromatic rings. The predicted molar refractivity (Wildman–Crippen MR) is 53.3 cm³/mol. The normalized spacial score (nSPS) is 29.0. The van der Waals surface area contributed by atoms with E-state index >= 15 is 0 Å². The first-order chi connectivity index (χ1) is 5.58. The fourth-order valence-corrected chi connectivity index (χ4v) is 1.54. The molecule has 0 spiro atoms. The van der Waals surface area contributed by atoms with E-state index in [1.807, 2.05) is 6.92 Å². The summed E-state index contributed by atoms with van der Waals surface area (Å²) in [7, 11) is 2.12. The highest BCUT2D eigenvalue weighted by molar-refractivity contribution is 5.72. The van der Waals surface area contributed by atoms with E-state index < -0.39 is 0 Å². The smallest absolute Gasteiger partial charge is 0.0719 e. The first-order valence-corrected chi connectivity index (χ1v) is 4.55. The first kappa shape index (κ1) is 9.30. The molecule has 1 aliphatic heterocycles. The minimum absolute atomic E-state index is 0.133. The zero-order valence-corrected chi connectivity index (χ0v) is 8.46. The lowest BCUT2D eigenvalue weighted by Gasteiger charge is -2.37. The Morgan fingerprint density at radius 3 is 2.75 bits per heavy atom. The molecule has 0 saturated carbocycles. The topological polar surface area (TPSA) is 15.6 Å². The molecule has 1 atom stereocenters. The second-order valence-corrected chi connectivity index (χ2v) is 3.75. The molecular formula is C10H18N2. The van der Waals surface area contributed by atoms with Gasteiger partial charge in [-0.15, -0.1) is 0 Å². The molecule has 1 unspecified atom stereocenters. The fraction of sp³-hybridized carbons (Fsp3) is 0.700. The van der Waals surface area contributed by atoms with Crippen molar-refractivity contribution in [2.75, 3.05) is 7.05 Å². The van der Waals surface area contributed by atoms with Crippen LogP contribution < -0.4 is 0 Å². The number of rotatable bonds is 2. The van der Waals surface area contributed by atoms with Gasteiger partial charge in [0.1, 0.15) is 0 Å². The molecule has 2 heteroatoms. The molecule has 12 heavy (non-hydrogen) atoms. The SMILES string of the molecule is CCCC1(C)C=NC(C)=CN1C. The van der Waals surface area contributed by atoms with E-state index in [9.17, 15) is 0 Å². The Morgan fingerprint density at radius 1 is 1.58 bits per heavy atom. The van der Waals surface area contributed by atoms with Crippen LogP contribution in [-0.4, -0.2) is 23.7 Å². The summed E-state index contributed by atoms with van der Waals surface area (Å²) in [5, 5.41) is 0. The summed E-state index contributed by atoms with van der Waals surface area (Å²) in [5.74, 6) is 0. The maximum Gasteiger partial charge on any atom is 0.0719 e. The van der Waals surface area contributed by atoms with Gasteiger partial charge in [0.25, 0.3) is 0 Å². The van der Waals surface area contributed by atoms with Crippen molar-refractivity contribution in [1.29, 1.82) is 0 Å². The van der Waals surface area contributed by atoms with Crippen LogP contribution in [0, 0.1) is 0 Å². The molecule has 0 aromatic heterocycles. The van der Waals surface area contributed by atoms with Crippen LogP contribution in [0.5, 0.6) is 0 Å². The Labute approximate surface area is 75.0 Å². The second-order valence-electron chi connectivity index (χ2n) is 3.75. The summed E-state index contributed by atoms with van der Waals surface area (Å²) in [5.41, 5.74) is 1.22.